The van der Waals surface area contributed by atoms with Gasteiger partial charge in [0.2, 0.25) is 0 Å². The molecule has 1 aliphatic heterocycles. The van der Waals surface area contributed by atoms with E-state index in [-0.39, 0.29) is 5.56 Å². The van der Waals surface area contributed by atoms with E-state index in [0.29, 0.717) is 12.4 Å². The van der Waals surface area contributed by atoms with E-state index in [1.807, 2.05) is 54.7 Å². The number of benzene rings is 1. The van der Waals surface area contributed by atoms with E-state index < -0.39 is 0 Å². The second-order valence-electron chi connectivity index (χ2n) is 6.89. The molecule has 0 fully saturated rings. The van der Waals surface area contributed by atoms with Gasteiger partial charge in [-0.1, -0.05) is 30.3 Å². The lowest BCUT2D eigenvalue weighted by molar-refractivity contribution is 0.305. The zero-order valence-electron chi connectivity index (χ0n) is 15.3. The predicted octanol–water partition coefficient (Wildman–Crippen LogP) is 2.71. The number of hydrogen-bond donors (Lipinski definition) is 1. The summed E-state index contributed by atoms with van der Waals surface area (Å²) in [6.45, 7) is 2.19. The molecule has 0 spiro atoms. The van der Waals surface area contributed by atoms with Crippen LogP contribution >= 0.6 is 0 Å². The highest BCUT2D eigenvalue weighted by Crippen LogP contribution is 2.19. The fourth-order valence-electron chi connectivity index (χ4n) is 3.61. The molecule has 0 amide bonds. The number of pyridine rings is 2. The largest absolute Gasteiger partial charge is 0.489 e. The van der Waals surface area contributed by atoms with Gasteiger partial charge in [-0.3, -0.25) is 9.36 Å². The number of hydrogen-bond acceptors (Lipinski definition) is 4. The van der Waals surface area contributed by atoms with Crippen molar-refractivity contribution in [2.45, 2.75) is 19.6 Å². The van der Waals surface area contributed by atoms with Crippen LogP contribution in [-0.2, 0) is 19.6 Å². The minimum absolute atomic E-state index is 0.132. The summed E-state index contributed by atoms with van der Waals surface area (Å²) in [6.07, 6.45) is 4.70. The summed E-state index contributed by atoms with van der Waals surface area (Å²) in [5.74, 6) is 0.563. The predicted molar refractivity (Wildman–Crippen MR) is 107 cm³/mol. The molecule has 4 aromatic rings. The normalized spacial score (nSPS) is 13.4. The first-order chi connectivity index (χ1) is 13.8. The van der Waals surface area contributed by atoms with Crippen LogP contribution in [0, 0.1) is 0 Å². The maximum absolute atomic E-state index is 12.6. The van der Waals surface area contributed by atoms with Gasteiger partial charge in [0.15, 0.2) is 0 Å². The molecular formula is C22H20N4O2. The number of rotatable bonds is 4. The molecule has 1 aromatic carbocycles. The standard InChI is InChI=1S/C22H20N4O2/c27-22-13-18(28-15-16-4-2-1-3-5-16)8-11-25(22)17-7-10-26-20-6-9-23-14-19(20)24-21(26)12-17/h1-5,7-8,10-13,23H,6,9,14-15H2. The van der Waals surface area contributed by atoms with Crippen molar-refractivity contribution in [3.63, 3.8) is 0 Å². The van der Waals surface area contributed by atoms with Gasteiger partial charge in [0.1, 0.15) is 18.0 Å². The van der Waals surface area contributed by atoms with E-state index in [1.54, 1.807) is 10.8 Å². The van der Waals surface area contributed by atoms with Gasteiger partial charge in [0, 0.05) is 49.7 Å². The van der Waals surface area contributed by atoms with Crippen LogP contribution in [0.3, 0.4) is 0 Å². The second kappa shape index (κ2) is 6.98. The van der Waals surface area contributed by atoms with Gasteiger partial charge in [-0.25, -0.2) is 4.98 Å². The molecule has 0 unspecified atom stereocenters. The Morgan fingerprint density at radius 2 is 1.96 bits per heavy atom. The monoisotopic (exact) mass is 372 g/mol. The summed E-state index contributed by atoms with van der Waals surface area (Å²) < 4.78 is 9.48. The maximum Gasteiger partial charge on any atom is 0.258 e. The first-order valence-corrected chi connectivity index (χ1v) is 9.38. The van der Waals surface area contributed by atoms with Gasteiger partial charge in [0.05, 0.1) is 11.4 Å². The molecule has 1 aliphatic rings. The Morgan fingerprint density at radius 3 is 2.82 bits per heavy atom. The molecule has 6 heteroatoms. The summed E-state index contributed by atoms with van der Waals surface area (Å²) in [6, 6.07) is 17.1. The van der Waals surface area contributed by atoms with Crippen molar-refractivity contribution >= 4 is 5.65 Å². The van der Waals surface area contributed by atoms with Crippen LogP contribution < -0.4 is 15.6 Å². The van der Waals surface area contributed by atoms with Crippen LogP contribution in [0.1, 0.15) is 17.0 Å². The zero-order valence-corrected chi connectivity index (χ0v) is 15.3. The number of ether oxygens (including phenoxy) is 1. The van der Waals surface area contributed by atoms with E-state index in [2.05, 4.69) is 9.72 Å². The molecule has 0 bridgehead atoms. The number of imidazole rings is 1. The fourth-order valence-corrected chi connectivity index (χ4v) is 3.61. The van der Waals surface area contributed by atoms with Crippen molar-refractivity contribution in [2.24, 2.45) is 0 Å². The first-order valence-electron chi connectivity index (χ1n) is 9.38. The number of nitrogens with zero attached hydrogens (tertiary/aromatic N) is 3. The lowest BCUT2D eigenvalue weighted by Crippen LogP contribution is -2.24. The highest BCUT2D eigenvalue weighted by atomic mass is 16.5. The Bertz CT molecular complexity index is 1190. The summed E-state index contributed by atoms with van der Waals surface area (Å²) in [4.78, 5) is 17.3. The maximum atomic E-state index is 12.6. The molecular weight excluding hydrogens is 352 g/mol. The summed E-state index contributed by atoms with van der Waals surface area (Å²) in [5.41, 5.74) is 4.92. The van der Waals surface area contributed by atoms with E-state index in [4.69, 9.17) is 9.72 Å². The Morgan fingerprint density at radius 1 is 1.07 bits per heavy atom. The first kappa shape index (κ1) is 16.8. The molecule has 6 nitrogen and oxygen atoms in total. The van der Waals surface area contributed by atoms with E-state index in [1.165, 1.54) is 11.8 Å². The van der Waals surface area contributed by atoms with E-state index >= 15 is 0 Å². The third kappa shape index (κ3) is 3.08. The third-order valence-corrected chi connectivity index (χ3v) is 5.04. The molecule has 0 aliphatic carbocycles. The van der Waals surface area contributed by atoms with Gasteiger partial charge < -0.3 is 14.5 Å². The Hall–Kier alpha value is -3.38. The van der Waals surface area contributed by atoms with Crippen molar-refractivity contribution in [3.05, 3.63) is 94.3 Å². The minimum Gasteiger partial charge on any atom is -0.489 e. The molecule has 1 N–H and O–H groups in total. The summed E-state index contributed by atoms with van der Waals surface area (Å²) >= 11 is 0. The van der Waals surface area contributed by atoms with Crippen molar-refractivity contribution in [3.8, 4) is 11.4 Å². The highest BCUT2D eigenvalue weighted by molar-refractivity contribution is 5.51. The lowest BCUT2D eigenvalue weighted by Gasteiger charge is -2.12. The van der Waals surface area contributed by atoms with Gasteiger partial charge >= 0.3 is 0 Å². The third-order valence-electron chi connectivity index (χ3n) is 5.04. The molecule has 140 valence electrons. The molecule has 4 heterocycles. The van der Waals surface area contributed by atoms with Crippen LogP contribution in [0.5, 0.6) is 5.75 Å². The van der Waals surface area contributed by atoms with Crippen LogP contribution in [-0.4, -0.2) is 20.5 Å². The number of aromatic nitrogens is 3. The molecule has 5 rings (SSSR count). The molecule has 3 aromatic heterocycles. The van der Waals surface area contributed by atoms with Gasteiger partial charge in [-0.2, -0.15) is 0 Å². The zero-order chi connectivity index (χ0) is 18.9. The van der Waals surface area contributed by atoms with Crippen LogP contribution in [0.15, 0.2) is 71.8 Å². The molecule has 0 saturated carbocycles. The molecule has 0 atom stereocenters. The van der Waals surface area contributed by atoms with Crippen molar-refractivity contribution in [1.82, 2.24) is 19.3 Å². The van der Waals surface area contributed by atoms with Gasteiger partial charge in [-0.15, -0.1) is 0 Å². The molecule has 0 saturated heterocycles. The van der Waals surface area contributed by atoms with Crippen LogP contribution in [0.4, 0.5) is 0 Å². The van der Waals surface area contributed by atoms with E-state index in [0.717, 1.165) is 42.1 Å². The van der Waals surface area contributed by atoms with Gasteiger partial charge in [0.25, 0.3) is 5.56 Å². The Balaban J connectivity index is 1.42. The molecule has 0 radical (unpaired) electrons. The average molecular weight is 372 g/mol. The van der Waals surface area contributed by atoms with Crippen LogP contribution in [0.25, 0.3) is 11.3 Å². The Kier molecular flexibility index (Phi) is 4.18. The van der Waals surface area contributed by atoms with Crippen molar-refractivity contribution in [2.75, 3.05) is 6.54 Å². The topological polar surface area (TPSA) is 60.6 Å². The second-order valence-corrected chi connectivity index (χ2v) is 6.89. The SMILES string of the molecule is O=c1cc(OCc2ccccc2)ccn1-c1ccn2c3c(nc2c1)CNCC3. The number of nitrogens with one attached hydrogen (secondary N) is 1. The minimum atomic E-state index is -0.132. The average Bonchev–Trinajstić information content (AvgIpc) is 3.11. The van der Waals surface area contributed by atoms with Gasteiger partial charge in [-0.05, 0) is 17.7 Å². The number of fused-ring (bicyclic) bond motifs is 3. The lowest BCUT2D eigenvalue weighted by atomic mass is 10.2. The van der Waals surface area contributed by atoms with Crippen molar-refractivity contribution in [1.29, 1.82) is 0 Å². The quantitative estimate of drug-likeness (QED) is 0.598. The van der Waals surface area contributed by atoms with Crippen LogP contribution in [0.2, 0.25) is 0 Å². The highest BCUT2D eigenvalue weighted by Gasteiger charge is 2.16. The summed E-state index contributed by atoms with van der Waals surface area (Å²) in [7, 11) is 0. The van der Waals surface area contributed by atoms with Crippen molar-refractivity contribution < 1.29 is 4.74 Å². The van der Waals surface area contributed by atoms with E-state index in [9.17, 15) is 4.79 Å². The smallest absolute Gasteiger partial charge is 0.258 e. The Labute approximate surface area is 162 Å². The summed E-state index contributed by atoms with van der Waals surface area (Å²) in [5, 5.41) is 3.34. The molecule has 28 heavy (non-hydrogen) atoms. The fraction of sp³-hybridized carbons (Fsp3) is 0.182.